The number of alkyl halides is 3. The molecule has 3 heterocycles. The fourth-order valence-electron chi connectivity index (χ4n) is 3.90. The minimum absolute atomic E-state index is 0.00477. The van der Waals surface area contributed by atoms with Crippen molar-refractivity contribution in [2.24, 2.45) is 0 Å². The van der Waals surface area contributed by atoms with Crippen molar-refractivity contribution in [1.82, 2.24) is 25.6 Å². The largest absolute Gasteiger partial charge is 0.418 e. The topological polar surface area (TPSA) is 118 Å². The predicted octanol–water partition coefficient (Wildman–Crippen LogP) is 4.11. The molecule has 0 radical (unpaired) electrons. The lowest BCUT2D eigenvalue weighted by Gasteiger charge is -2.27. The van der Waals surface area contributed by atoms with Crippen LogP contribution < -0.4 is 16.0 Å². The number of ether oxygens (including phenoxy) is 1. The van der Waals surface area contributed by atoms with E-state index in [-0.39, 0.29) is 35.8 Å². The second-order valence-corrected chi connectivity index (χ2v) is 9.28. The normalized spacial score (nSPS) is 17.2. The SMILES string of the molecule is Cc1ncc(C(=O)N[C@@]2(C(=O)NCc3ncc(Nc4ccc(Cl)cc4C(F)(F)F)cc3C)CCOC2)cn1. The lowest BCUT2D eigenvalue weighted by molar-refractivity contribution is -0.137. The van der Waals surface area contributed by atoms with Gasteiger partial charge in [-0.05, 0) is 43.7 Å². The molecule has 1 aromatic carbocycles. The molecule has 200 valence electrons. The van der Waals surface area contributed by atoms with E-state index in [9.17, 15) is 22.8 Å². The van der Waals surface area contributed by atoms with Gasteiger partial charge in [-0.15, -0.1) is 0 Å². The van der Waals surface area contributed by atoms with E-state index in [4.69, 9.17) is 16.3 Å². The summed E-state index contributed by atoms with van der Waals surface area (Å²) in [6, 6.07) is 5.07. The number of pyridine rings is 1. The molecule has 13 heteroatoms. The van der Waals surface area contributed by atoms with E-state index in [1.54, 1.807) is 19.9 Å². The van der Waals surface area contributed by atoms with Gasteiger partial charge in [-0.25, -0.2) is 9.97 Å². The lowest BCUT2D eigenvalue weighted by atomic mass is 9.96. The van der Waals surface area contributed by atoms with E-state index in [0.29, 0.717) is 29.4 Å². The Balaban J connectivity index is 1.44. The number of hydrogen-bond donors (Lipinski definition) is 3. The Labute approximate surface area is 221 Å². The summed E-state index contributed by atoms with van der Waals surface area (Å²) < 4.78 is 45.6. The minimum Gasteiger partial charge on any atom is -0.378 e. The van der Waals surface area contributed by atoms with Gasteiger partial charge < -0.3 is 20.7 Å². The summed E-state index contributed by atoms with van der Waals surface area (Å²) in [7, 11) is 0. The molecule has 0 bridgehead atoms. The van der Waals surface area contributed by atoms with Crippen molar-refractivity contribution in [3.8, 4) is 0 Å². The summed E-state index contributed by atoms with van der Waals surface area (Å²) in [5, 5.41) is 8.23. The van der Waals surface area contributed by atoms with Crippen molar-refractivity contribution in [2.45, 2.75) is 38.5 Å². The van der Waals surface area contributed by atoms with Crippen LogP contribution in [0.15, 0.2) is 42.9 Å². The molecule has 38 heavy (non-hydrogen) atoms. The Morgan fingerprint density at radius 3 is 2.47 bits per heavy atom. The van der Waals surface area contributed by atoms with Crippen LogP contribution >= 0.6 is 11.6 Å². The summed E-state index contributed by atoms with van der Waals surface area (Å²) in [5.41, 5.74) is -0.661. The third-order valence-corrected chi connectivity index (χ3v) is 6.26. The van der Waals surface area contributed by atoms with Crippen LogP contribution in [0.2, 0.25) is 5.02 Å². The van der Waals surface area contributed by atoms with Gasteiger partial charge in [0, 0.05) is 30.4 Å². The number of carbonyl (C=O) groups is 2. The molecule has 3 N–H and O–H groups in total. The Bertz CT molecular complexity index is 1350. The number of rotatable bonds is 7. The van der Waals surface area contributed by atoms with Crippen LogP contribution in [0, 0.1) is 13.8 Å². The minimum atomic E-state index is -4.60. The molecule has 1 atom stereocenters. The molecule has 0 unspecified atom stereocenters. The van der Waals surface area contributed by atoms with Crippen molar-refractivity contribution in [2.75, 3.05) is 18.5 Å². The predicted molar refractivity (Wildman–Crippen MR) is 133 cm³/mol. The van der Waals surface area contributed by atoms with Crippen molar-refractivity contribution >= 4 is 34.8 Å². The molecule has 3 aromatic rings. The van der Waals surface area contributed by atoms with E-state index >= 15 is 0 Å². The highest BCUT2D eigenvalue weighted by atomic mass is 35.5. The maximum atomic E-state index is 13.4. The van der Waals surface area contributed by atoms with E-state index in [2.05, 4.69) is 30.9 Å². The molecule has 4 rings (SSSR count). The van der Waals surface area contributed by atoms with Gasteiger partial charge in [-0.1, -0.05) is 11.6 Å². The number of amides is 2. The molecule has 9 nitrogen and oxygen atoms in total. The summed E-state index contributed by atoms with van der Waals surface area (Å²) >= 11 is 5.74. The highest BCUT2D eigenvalue weighted by Crippen LogP contribution is 2.37. The summed E-state index contributed by atoms with van der Waals surface area (Å²) in [6.45, 7) is 3.73. The molecule has 2 aromatic heterocycles. The van der Waals surface area contributed by atoms with Crippen LogP contribution in [0.5, 0.6) is 0 Å². The van der Waals surface area contributed by atoms with Gasteiger partial charge in [0.1, 0.15) is 11.4 Å². The Kier molecular flexibility index (Phi) is 7.83. The van der Waals surface area contributed by atoms with Gasteiger partial charge in [-0.2, -0.15) is 13.2 Å². The number of hydrogen-bond acceptors (Lipinski definition) is 7. The smallest absolute Gasteiger partial charge is 0.378 e. The van der Waals surface area contributed by atoms with Gasteiger partial charge in [0.25, 0.3) is 5.91 Å². The van der Waals surface area contributed by atoms with Gasteiger partial charge >= 0.3 is 6.18 Å². The number of benzene rings is 1. The Morgan fingerprint density at radius 1 is 1.11 bits per heavy atom. The second-order valence-electron chi connectivity index (χ2n) is 8.84. The number of aromatic nitrogens is 3. The highest BCUT2D eigenvalue weighted by molar-refractivity contribution is 6.30. The first-order valence-corrected chi connectivity index (χ1v) is 11.9. The maximum absolute atomic E-state index is 13.4. The average molecular weight is 549 g/mol. The average Bonchev–Trinajstić information content (AvgIpc) is 3.34. The van der Waals surface area contributed by atoms with Gasteiger partial charge in [0.05, 0.1) is 47.5 Å². The fraction of sp³-hybridized carbons (Fsp3) is 0.320. The quantitative estimate of drug-likeness (QED) is 0.407. The molecule has 0 spiro atoms. The van der Waals surface area contributed by atoms with Crippen LogP contribution in [-0.4, -0.2) is 45.5 Å². The molecule has 1 aliphatic heterocycles. The van der Waals surface area contributed by atoms with Crippen LogP contribution in [0.4, 0.5) is 24.5 Å². The summed E-state index contributed by atoms with van der Waals surface area (Å²) in [6.07, 6.45) is -0.193. The number of aryl methyl sites for hydroxylation is 2. The number of halogens is 4. The first-order chi connectivity index (χ1) is 18.0. The highest BCUT2D eigenvalue weighted by Gasteiger charge is 2.44. The molecular formula is C25H24ClF3N6O3. The van der Waals surface area contributed by atoms with E-state index in [0.717, 1.165) is 6.07 Å². The van der Waals surface area contributed by atoms with Gasteiger partial charge in [0.15, 0.2) is 0 Å². The van der Waals surface area contributed by atoms with Gasteiger partial charge in [0.2, 0.25) is 5.91 Å². The van der Waals surface area contributed by atoms with Crippen molar-refractivity contribution in [3.05, 3.63) is 76.1 Å². The molecule has 2 amide bonds. The monoisotopic (exact) mass is 548 g/mol. The number of carbonyl (C=O) groups excluding carboxylic acids is 2. The standard InChI is InChI=1S/C25H24ClF3N6O3/c1-14-7-18(34-20-4-3-17(26)8-19(20)25(27,28)29)11-32-21(14)12-33-23(37)24(5-6-38-13-24)35-22(36)16-9-30-15(2)31-10-16/h3-4,7-11,34H,5-6,12-13H2,1-2H3,(H,33,37)(H,35,36)/t24-/m0/s1. The van der Waals surface area contributed by atoms with Crippen LogP contribution in [0.25, 0.3) is 0 Å². The maximum Gasteiger partial charge on any atom is 0.418 e. The van der Waals surface area contributed by atoms with Crippen molar-refractivity contribution in [3.63, 3.8) is 0 Å². The van der Waals surface area contributed by atoms with E-state index in [1.165, 1.54) is 30.7 Å². The fourth-order valence-corrected chi connectivity index (χ4v) is 4.08. The number of anilines is 2. The molecule has 0 aliphatic carbocycles. The Hall–Kier alpha value is -3.77. The van der Waals surface area contributed by atoms with E-state index in [1.807, 2.05) is 0 Å². The first kappa shape index (κ1) is 27.3. The zero-order chi connectivity index (χ0) is 27.5. The van der Waals surface area contributed by atoms with Gasteiger partial charge in [-0.3, -0.25) is 14.6 Å². The summed E-state index contributed by atoms with van der Waals surface area (Å²) in [4.78, 5) is 38.2. The molecule has 1 fully saturated rings. The van der Waals surface area contributed by atoms with E-state index < -0.39 is 29.1 Å². The first-order valence-electron chi connectivity index (χ1n) is 11.5. The molecular weight excluding hydrogens is 525 g/mol. The molecule has 1 aliphatic rings. The molecule has 1 saturated heterocycles. The molecule has 0 saturated carbocycles. The Morgan fingerprint density at radius 2 is 1.84 bits per heavy atom. The van der Waals surface area contributed by atoms with Crippen molar-refractivity contribution in [1.29, 1.82) is 0 Å². The zero-order valence-electron chi connectivity index (χ0n) is 20.4. The third kappa shape index (κ3) is 6.20. The third-order valence-electron chi connectivity index (χ3n) is 6.02. The number of nitrogens with zero attached hydrogens (tertiary/aromatic N) is 3. The summed E-state index contributed by atoms with van der Waals surface area (Å²) in [5.74, 6) is -0.442. The van der Waals surface area contributed by atoms with Crippen LogP contribution in [-0.2, 0) is 22.3 Å². The van der Waals surface area contributed by atoms with Crippen LogP contribution in [0.1, 0.15) is 39.4 Å². The second kappa shape index (κ2) is 10.9. The van der Waals surface area contributed by atoms with Crippen LogP contribution in [0.3, 0.4) is 0 Å². The number of nitrogens with one attached hydrogen (secondary N) is 3. The lowest BCUT2D eigenvalue weighted by Crippen LogP contribution is -2.59. The zero-order valence-corrected chi connectivity index (χ0v) is 21.2. The van der Waals surface area contributed by atoms with Crippen molar-refractivity contribution < 1.29 is 27.5 Å².